The maximum Gasteiger partial charge on any atom is 0.325 e. The zero-order valence-corrected chi connectivity index (χ0v) is 14.7. The van der Waals surface area contributed by atoms with Crippen molar-refractivity contribution in [3.05, 3.63) is 29.8 Å². The third kappa shape index (κ3) is 3.93. The number of carbonyl (C=O) groups excluding carboxylic acids is 3. The van der Waals surface area contributed by atoms with E-state index in [4.69, 9.17) is 0 Å². The topological polar surface area (TPSA) is 78.5 Å². The molecule has 0 radical (unpaired) electrons. The Morgan fingerprint density at radius 1 is 1.25 bits per heavy atom. The van der Waals surface area contributed by atoms with Crippen LogP contribution in [0, 0.1) is 0 Å². The largest absolute Gasteiger partial charge is 0.326 e. The minimum atomic E-state index is -0.866. The third-order valence-corrected chi connectivity index (χ3v) is 4.09. The molecule has 1 aromatic rings. The highest BCUT2D eigenvalue weighted by Crippen LogP contribution is 2.24. The Morgan fingerprint density at radius 3 is 2.50 bits per heavy atom. The fourth-order valence-electron chi connectivity index (χ4n) is 2.75. The van der Waals surface area contributed by atoms with E-state index in [1.165, 1.54) is 4.90 Å². The highest BCUT2D eigenvalue weighted by Gasteiger charge is 2.43. The van der Waals surface area contributed by atoms with Gasteiger partial charge in [0.2, 0.25) is 5.91 Å². The van der Waals surface area contributed by atoms with E-state index < -0.39 is 11.6 Å². The van der Waals surface area contributed by atoms with Gasteiger partial charge in [-0.3, -0.25) is 14.5 Å². The number of rotatable bonds is 6. The number of benzene rings is 1. The van der Waals surface area contributed by atoms with Crippen LogP contribution in [0.5, 0.6) is 0 Å². The van der Waals surface area contributed by atoms with Gasteiger partial charge < -0.3 is 10.6 Å². The van der Waals surface area contributed by atoms with E-state index in [-0.39, 0.29) is 24.8 Å². The van der Waals surface area contributed by atoms with Gasteiger partial charge in [-0.05, 0) is 37.8 Å². The van der Waals surface area contributed by atoms with E-state index in [0.717, 1.165) is 11.3 Å². The van der Waals surface area contributed by atoms with Crippen LogP contribution in [0.4, 0.5) is 10.5 Å². The molecule has 4 amide bonds. The molecule has 0 bridgehead atoms. The lowest BCUT2D eigenvalue weighted by atomic mass is 10.0. The summed E-state index contributed by atoms with van der Waals surface area (Å²) in [5.41, 5.74) is 1.03. The van der Waals surface area contributed by atoms with Crippen molar-refractivity contribution in [3.8, 4) is 0 Å². The molecule has 0 aromatic heterocycles. The Morgan fingerprint density at radius 2 is 1.92 bits per heavy atom. The van der Waals surface area contributed by atoms with Gasteiger partial charge in [-0.25, -0.2) is 4.79 Å². The average molecular weight is 331 g/mol. The predicted octanol–water partition coefficient (Wildman–Crippen LogP) is 2.86. The van der Waals surface area contributed by atoms with Crippen molar-refractivity contribution >= 4 is 23.5 Å². The monoisotopic (exact) mass is 331 g/mol. The summed E-state index contributed by atoms with van der Waals surface area (Å²) in [5.74, 6) is -0.0536. The van der Waals surface area contributed by atoms with Gasteiger partial charge in [-0.1, -0.05) is 32.0 Å². The van der Waals surface area contributed by atoms with Gasteiger partial charge >= 0.3 is 6.03 Å². The lowest BCUT2D eigenvalue weighted by molar-refractivity contribution is -0.130. The molecule has 0 unspecified atom stereocenters. The molecule has 2 rings (SSSR count). The highest BCUT2D eigenvalue weighted by atomic mass is 16.2. The molecular formula is C18H25N3O3. The molecule has 0 aliphatic carbocycles. The fourth-order valence-corrected chi connectivity index (χ4v) is 2.75. The zero-order chi connectivity index (χ0) is 17.9. The summed E-state index contributed by atoms with van der Waals surface area (Å²) < 4.78 is 0. The van der Waals surface area contributed by atoms with Crippen LogP contribution in [0.15, 0.2) is 24.3 Å². The standard InChI is InChI=1S/C18H25N3O3/c1-12(2)13-8-5-6-9-14(13)19-15(22)10-7-11-21-16(23)18(3,4)20-17(21)24/h5-6,8-9,12H,7,10-11H2,1-4H3,(H,19,22)(H,20,24). The van der Waals surface area contributed by atoms with Crippen LogP contribution >= 0.6 is 0 Å². The van der Waals surface area contributed by atoms with Gasteiger partial charge in [0.15, 0.2) is 0 Å². The molecule has 1 aliphatic heterocycles. The third-order valence-electron chi connectivity index (χ3n) is 4.09. The van der Waals surface area contributed by atoms with Crippen molar-refractivity contribution < 1.29 is 14.4 Å². The van der Waals surface area contributed by atoms with Gasteiger partial charge in [0.25, 0.3) is 5.91 Å². The second kappa shape index (κ2) is 7.03. The molecule has 130 valence electrons. The number of urea groups is 1. The van der Waals surface area contributed by atoms with Crippen molar-refractivity contribution in [1.29, 1.82) is 0 Å². The van der Waals surface area contributed by atoms with Crippen LogP contribution in [-0.4, -0.2) is 34.8 Å². The summed E-state index contributed by atoms with van der Waals surface area (Å²) in [5, 5.41) is 5.54. The van der Waals surface area contributed by atoms with Gasteiger partial charge in [0.05, 0.1) is 0 Å². The maximum absolute atomic E-state index is 12.1. The molecule has 0 saturated carbocycles. The Bertz CT molecular complexity index is 653. The predicted molar refractivity (Wildman–Crippen MR) is 92.7 cm³/mol. The van der Waals surface area contributed by atoms with E-state index in [0.29, 0.717) is 12.3 Å². The number of hydrogen-bond acceptors (Lipinski definition) is 3. The molecule has 1 heterocycles. The molecule has 2 N–H and O–H groups in total. The summed E-state index contributed by atoms with van der Waals surface area (Å²) in [6.07, 6.45) is 0.689. The van der Waals surface area contributed by atoms with Crippen molar-refractivity contribution in [3.63, 3.8) is 0 Å². The molecule has 24 heavy (non-hydrogen) atoms. The van der Waals surface area contributed by atoms with Crippen molar-refractivity contribution in [2.24, 2.45) is 0 Å². The fraction of sp³-hybridized carbons (Fsp3) is 0.500. The number of anilines is 1. The molecule has 0 spiro atoms. The van der Waals surface area contributed by atoms with Crippen LogP contribution < -0.4 is 10.6 Å². The van der Waals surface area contributed by atoms with Gasteiger partial charge in [-0.15, -0.1) is 0 Å². The van der Waals surface area contributed by atoms with E-state index >= 15 is 0 Å². The Hall–Kier alpha value is -2.37. The molecular weight excluding hydrogens is 306 g/mol. The number of hydrogen-bond donors (Lipinski definition) is 2. The van der Waals surface area contributed by atoms with Crippen LogP contribution in [0.3, 0.4) is 0 Å². The zero-order valence-electron chi connectivity index (χ0n) is 14.7. The van der Waals surface area contributed by atoms with E-state index in [9.17, 15) is 14.4 Å². The van der Waals surface area contributed by atoms with Crippen LogP contribution in [0.2, 0.25) is 0 Å². The second-order valence-corrected chi connectivity index (χ2v) is 6.91. The molecule has 0 atom stereocenters. The van der Waals surface area contributed by atoms with Crippen molar-refractivity contribution in [2.75, 3.05) is 11.9 Å². The summed E-state index contributed by atoms with van der Waals surface area (Å²) in [7, 11) is 0. The number of amides is 4. The van der Waals surface area contributed by atoms with Crippen molar-refractivity contribution in [1.82, 2.24) is 10.2 Å². The Balaban J connectivity index is 1.87. The molecule has 6 nitrogen and oxygen atoms in total. The van der Waals surface area contributed by atoms with Gasteiger partial charge in [-0.2, -0.15) is 0 Å². The number of imide groups is 1. The summed E-state index contributed by atoms with van der Waals surface area (Å²) in [6.45, 7) is 7.73. The lowest BCUT2D eigenvalue weighted by Gasteiger charge is -2.16. The van der Waals surface area contributed by atoms with Crippen LogP contribution in [0.1, 0.15) is 52.0 Å². The lowest BCUT2D eigenvalue weighted by Crippen LogP contribution is -2.40. The molecule has 1 saturated heterocycles. The first-order valence-electron chi connectivity index (χ1n) is 8.25. The summed E-state index contributed by atoms with van der Waals surface area (Å²) >= 11 is 0. The first kappa shape index (κ1) is 18.0. The molecule has 1 fully saturated rings. The first-order chi connectivity index (χ1) is 11.2. The van der Waals surface area contributed by atoms with Crippen LogP contribution in [-0.2, 0) is 9.59 Å². The SMILES string of the molecule is CC(C)c1ccccc1NC(=O)CCCN1C(=O)NC(C)(C)C1=O. The van der Waals surface area contributed by atoms with E-state index in [1.54, 1.807) is 13.8 Å². The maximum atomic E-state index is 12.1. The number of nitrogens with zero attached hydrogens (tertiary/aromatic N) is 1. The van der Waals surface area contributed by atoms with Gasteiger partial charge in [0, 0.05) is 18.7 Å². The quantitative estimate of drug-likeness (QED) is 0.787. The number of carbonyl (C=O) groups is 3. The Kier molecular flexibility index (Phi) is 5.26. The number of nitrogens with one attached hydrogen (secondary N) is 2. The minimum Gasteiger partial charge on any atom is -0.326 e. The molecule has 6 heteroatoms. The summed E-state index contributed by atoms with van der Waals surface area (Å²) in [6, 6.07) is 7.32. The van der Waals surface area contributed by atoms with Gasteiger partial charge in [0.1, 0.15) is 5.54 Å². The van der Waals surface area contributed by atoms with Crippen molar-refractivity contribution in [2.45, 2.75) is 52.0 Å². The summed E-state index contributed by atoms with van der Waals surface area (Å²) in [4.78, 5) is 37.2. The van der Waals surface area contributed by atoms with E-state index in [2.05, 4.69) is 24.5 Å². The molecule has 1 aliphatic rings. The van der Waals surface area contributed by atoms with Crippen LogP contribution in [0.25, 0.3) is 0 Å². The highest BCUT2D eigenvalue weighted by molar-refractivity contribution is 6.06. The smallest absolute Gasteiger partial charge is 0.325 e. The molecule has 1 aromatic carbocycles. The number of para-hydroxylation sites is 1. The average Bonchev–Trinajstić information content (AvgIpc) is 2.69. The first-order valence-corrected chi connectivity index (χ1v) is 8.25. The second-order valence-electron chi connectivity index (χ2n) is 6.91. The van der Waals surface area contributed by atoms with E-state index in [1.807, 2.05) is 24.3 Å². The minimum absolute atomic E-state index is 0.116. The Labute approximate surface area is 142 Å². The normalized spacial score (nSPS) is 16.5.